The zero-order chi connectivity index (χ0) is 11.5. The second kappa shape index (κ2) is 4.66. The number of benzene rings is 1. The summed E-state index contributed by atoms with van der Waals surface area (Å²) < 4.78 is 0. The molecule has 1 aliphatic heterocycles. The van der Waals surface area contributed by atoms with Crippen molar-refractivity contribution in [2.75, 3.05) is 27.3 Å². The van der Waals surface area contributed by atoms with Crippen molar-refractivity contribution in [3.63, 3.8) is 0 Å². The smallest absolute Gasteiger partial charge is 0.224 e. The predicted octanol–water partition coefficient (Wildman–Crippen LogP) is 1.52. The third-order valence-electron chi connectivity index (χ3n) is 2.94. The molecule has 0 saturated carbocycles. The summed E-state index contributed by atoms with van der Waals surface area (Å²) >= 11 is 0. The normalized spacial score (nSPS) is 20.8. The molecule has 1 saturated heterocycles. The summed E-state index contributed by atoms with van der Waals surface area (Å²) in [5.41, 5.74) is 1.28. The summed E-state index contributed by atoms with van der Waals surface area (Å²) in [5.74, 6) is 0.635. The highest BCUT2D eigenvalue weighted by Crippen LogP contribution is 2.27. The molecule has 1 amide bonds. The molecule has 1 fully saturated rings. The van der Waals surface area contributed by atoms with Gasteiger partial charge in [0.05, 0.1) is 6.67 Å². The van der Waals surface area contributed by atoms with Crippen molar-refractivity contribution in [1.29, 1.82) is 0 Å². The van der Waals surface area contributed by atoms with Crippen molar-refractivity contribution >= 4 is 5.91 Å². The largest absolute Gasteiger partial charge is 0.329 e. The van der Waals surface area contributed by atoms with Crippen molar-refractivity contribution in [3.05, 3.63) is 35.9 Å². The van der Waals surface area contributed by atoms with Crippen LogP contribution in [0.2, 0.25) is 0 Å². The van der Waals surface area contributed by atoms with E-state index < -0.39 is 0 Å². The molecule has 0 radical (unpaired) electrons. The minimum Gasteiger partial charge on any atom is -0.329 e. The first-order valence-corrected chi connectivity index (χ1v) is 5.64. The Morgan fingerprint density at radius 1 is 1.31 bits per heavy atom. The van der Waals surface area contributed by atoms with Gasteiger partial charge < -0.3 is 4.90 Å². The van der Waals surface area contributed by atoms with Crippen LogP contribution < -0.4 is 0 Å². The molecule has 1 unspecified atom stereocenters. The molecular weight excluding hydrogens is 200 g/mol. The molecule has 2 rings (SSSR count). The molecule has 0 bridgehead atoms. The second-order valence-electron chi connectivity index (χ2n) is 4.65. The summed E-state index contributed by atoms with van der Waals surface area (Å²) in [6.45, 7) is 1.57. The number of carbonyl (C=O) groups is 1. The lowest BCUT2D eigenvalue weighted by atomic mass is 9.99. The van der Waals surface area contributed by atoms with E-state index in [0.717, 1.165) is 13.2 Å². The first kappa shape index (κ1) is 11.1. The SMILES string of the molecule is CN(C)CN1CC(c2ccccc2)CC1=O. The molecule has 1 aliphatic rings. The van der Waals surface area contributed by atoms with Gasteiger partial charge in [-0.05, 0) is 19.7 Å². The highest BCUT2D eigenvalue weighted by atomic mass is 16.2. The van der Waals surface area contributed by atoms with Gasteiger partial charge in [-0.2, -0.15) is 0 Å². The molecule has 1 atom stereocenters. The Bertz CT molecular complexity index is 361. The zero-order valence-corrected chi connectivity index (χ0v) is 9.89. The van der Waals surface area contributed by atoms with Gasteiger partial charge in [0, 0.05) is 18.9 Å². The van der Waals surface area contributed by atoms with Gasteiger partial charge in [0.1, 0.15) is 0 Å². The molecule has 1 heterocycles. The molecule has 3 nitrogen and oxygen atoms in total. The van der Waals surface area contributed by atoms with Gasteiger partial charge in [0.2, 0.25) is 5.91 Å². The number of rotatable bonds is 3. The quantitative estimate of drug-likeness (QED) is 0.768. The van der Waals surface area contributed by atoms with Gasteiger partial charge in [-0.15, -0.1) is 0 Å². The van der Waals surface area contributed by atoms with Gasteiger partial charge in [-0.1, -0.05) is 30.3 Å². The molecule has 1 aromatic rings. The lowest BCUT2D eigenvalue weighted by Gasteiger charge is -2.21. The first-order chi connectivity index (χ1) is 7.66. The summed E-state index contributed by atoms with van der Waals surface area (Å²) in [6.07, 6.45) is 0.651. The summed E-state index contributed by atoms with van der Waals surface area (Å²) in [7, 11) is 3.98. The van der Waals surface area contributed by atoms with Crippen LogP contribution in [0, 0.1) is 0 Å². The van der Waals surface area contributed by atoms with Crippen molar-refractivity contribution in [2.24, 2.45) is 0 Å². The van der Waals surface area contributed by atoms with Crippen molar-refractivity contribution in [2.45, 2.75) is 12.3 Å². The van der Waals surface area contributed by atoms with Gasteiger partial charge in [0.15, 0.2) is 0 Å². The van der Waals surface area contributed by atoms with Gasteiger partial charge in [-0.3, -0.25) is 9.69 Å². The average Bonchev–Trinajstić information content (AvgIpc) is 2.61. The third kappa shape index (κ3) is 2.42. The van der Waals surface area contributed by atoms with E-state index in [0.29, 0.717) is 12.3 Å². The molecule has 3 heteroatoms. The zero-order valence-electron chi connectivity index (χ0n) is 9.89. The fourth-order valence-electron chi connectivity index (χ4n) is 2.20. The van der Waals surface area contributed by atoms with Crippen molar-refractivity contribution in [1.82, 2.24) is 9.80 Å². The van der Waals surface area contributed by atoms with Crippen LogP contribution in [0.5, 0.6) is 0 Å². The third-order valence-corrected chi connectivity index (χ3v) is 2.94. The van der Waals surface area contributed by atoms with E-state index in [-0.39, 0.29) is 5.91 Å². The van der Waals surface area contributed by atoms with E-state index in [1.807, 2.05) is 42.1 Å². The van der Waals surface area contributed by atoms with Gasteiger partial charge >= 0.3 is 0 Å². The van der Waals surface area contributed by atoms with Crippen LogP contribution in [0.1, 0.15) is 17.9 Å². The molecular formula is C13H18N2O. The number of hydrogen-bond donors (Lipinski definition) is 0. The Morgan fingerprint density at radius 2 is 2.00 bits per heavy atom. The van der Waals surface area contributed by atoms with Crippen LogP contribution in [0.25, 0.3) is 0 Å². The Kier molecular flexibility index (Phi) is 3.25. The predicted molar refractivity (Wildman–Crippen MR) is 64.1 cm³/mol. The fourth-order valence-corrected chi connectivity index (χ4v) is 2.20. The monoisotopic (exact) mass is 218 g/mol. The molecule has 86 valence electrons. The minimum absolute atomic E-state index is 0.266. The number of carbonyl (C=O) groups excluding carboxylic acids is 1. The lowest BCUT2D eigenvalue weighted by molar-refractivity contribution is -0.129. The Balaban J connectivity index is 2.04. The van der Waals surface area contributed by atoms with Crippen LogP contribution in [-0.4, -0.2) is 43.0 Å². The first-order valence-electron chi connectivity index (χ1n) is 5.64. The fraction of sp³-hybridized carbons (Fsp3) is 0.462. The summed E-state index contributed by atoms with van der Waals surface area (Å²) in [5, 5.41) is 0. The summed E-state index contributed by atoms with van der Waals surface area (Å²) in [4.78, 5) is 15.8. The highest BCUT2D eigenvalue weighted by molar-refractivity contribution is 5.79. The molecule has 0 aliphatic carbocycles. The molecule has 1 aromatic carbocycles. The van der Waals surface area contributed by atoms with Crippen LogP contribution >= 0.6 is 0 Å². The van der Waals surface area contributed by atoms with E-state index in [4.69, 9.17) is 0 Å². The Hall–Kier alpha value is -1.35. The van der Waals surface area contributed by atoms with Gasteiger partial charge in [-0.25, -0.2) is 0 Å². The minimum atomic E-state index is 0.266. The van der Waals surface area contributed by atoms with Crippen molar-refractivity contribution < 1.29 is 4.79 Å². The molecule has 0 N–H and O–H groups in total. The maximum atomic E-state index is 11.8. The number of amides is 1. The Labute approximate surface area is 96.7 Å². The number of nitrogens with zero attached hydrogens (tertiary/aromatic N) is 2. The Morgan fingerprint density at radius 3 is 2.62 bits per heavy atom. The van der Waals surface area contributed by atoms with Crippen LogP contribution in [0.3, 0.4) is 0 Å². The highest BCUT2D eigenvalue weighted by Gasteiger charge is 2.30. The topological polar surface area (TPSA) is 23.6 Å². The maximum absolute atomic E-state index is 11.8. The number of likely N-dealkylation sites (tertiary alicyclic amines) is 1. The van der Waals surface area contributed by atoms with E-state index in [1.54, 1.807) is 0 Å². The van der Waals surface area contributed by atoms with Crippen molar-refractivity contribution in [3.8, 4) is 0 Å². The molecule has 16 heavy (non-hydrogen) atoms. The second-order valence-corrected chi connectivity index (χ2v) is 4.65. The summed E-state index contributed by atoms with van der Waals surface area (Å²) in [6, 6.07) is 10.3. The standard InChI is InChI=1S/C13H18N2O/c1-14(2)10-15-9-12(8-13(15)16)11-6-4-3-5-7-11/h3-7,12H,8-10H2,1-2H3. The van der Waals surface area contributed by atoms with Gasteiger partial charge in [0.25, 0.3) is 0 Å². The van der Waals surface area contributed by atoms with Crippen LogP contribution in [0.15, 0.2) is 30.3 Å². The van der Waals surface area contributed by atoms with Crippen LogP contribution in [-0.2, 0) is 4.79 Å². The van der Waals surface area contributed by atoms with E-state index in [2.05, 4.69) is 12.1 Å². The van der Waals surface area contributed by atoms with Crippen LogP contribution in [0.4, 0.5) is 0 Å². The molecule has 0 aromatic heterocycles. The maximum Gasteiger partial charge on any atom is 0.224 e. The van der Waals surface area contributed by atoms with E-state index in [1.165, 1.54) is 5.56 Å². The van der Waals surface area contributed by atoms with E-state index in [9.17, 15) is 4.79 Å². The lowest BCUT2D eigenvalue weighted by Crippen LogP contribution is -2.34. The van der Waals surface area contributed by atoms with E-state index >= 15 is 0 Å². The average molecular weight is 218 g/mol. The number of hydrogen-bond acceptors (Lipinski definition) is 2. The molecule has 0 spiro atoms.